The predicted octanol–water partition coefficient (Wildman–Crippen LogP) is 2.90. The second-order valence-corrected chi connectivity index (χ2v) is 7.55. The zero-order chi connectivity index (χ0) is 23.1. The second-order valence-electron chi connectivity index (χ2n) is 7.15. The monoisotopic (exact) mass is 463 g/mol. The van der Waals surface area contributed by atoms with Crippen LogP contribution in [0, 0.1) is 0 Å². The average Bonchev–Trinajstić information content (AvgIpc) is 3.29. The number of para-hydroxylation sites is 1. The van der Waals surface area contributed by atoms with Crippen LogP contribution in [0.15, 0.2) is 47.5 Å². The first-order valence-corrected chi connectivity index (χ1v) is 10.3. The number of H-pyrrole nitrogens is 1. The lowest BCUT2D eigenvalue weighted by Gasteiger charge is -2.16. The zero-order valence-corrected chi connectivity index (χ0v) is 18.4. The Morgan fingerprint density at radius 2 is 1.85 bits per heavy atom. The van der Waals surface area contributed by atoms with E-state index in [0.29, 0.717) is 55.9 Å². The van der Waals surface area contributed by atoms with Gasteiger partial charge in [0.05, 0.1) is 48.6 Å². The van der Waals surface area contributed by atoms with Crippen molar-refractivity contribution in [1.29, 1.82) is 0 Å². The van der Waals surface area contributed by atoms with Gasteiger partial charge in [-0.15, -0.1) is 0 Å². The van der Waals surface area contributed by atoms with Crippen LogP contribution in [0.2, 0.25) is 5.02 Å². The Kier molecular flexibility index (Phi) is 5.06. The van der Waals surface area contributed by atoms with E-state index in [2.05, 4.69) is 19.9 Å². The van der Waals surface area contributed by atoms with Gasteiger partial charge in [0.25, 0.3) is 5.56 Å². The Balaban J connectivity index is 1.78. The van der Waals surface area contributed by atoms with E-state index < -0.39 is 0 Å². The fourth-order valence-electron chi connectivity index (χ4n) is 3.68. The number of hydrogen-bond donors (Lipinski definition) is 2. The van der Waals surface area contributed by atoms with E-state index in [1.165, 1.54) is 25.1 Å². The summed E-state index contributed by atoms with van der Waals surface area (Å²) in [7, 11) is 3.02. The molecule has 33 heavy (non-hydrogen) atoms. The minimum atomic E-state index is -0.321. The maximum absolute atomic E-state index is 13.7. The van der Waals surface area contributed by atoms with Crippen molar-refractivity contribution in [3.8, 4) is 17.2 Å². The molecule has 0 bridgehead atoms. The summed E-state index contributed by atoms with van der Waals surface area (Å²) < 4.78 is 12.2. The van der Waals surface area contributed by atoms with Crippen molar-refractivity contribution in [2.45, 2.75) is 6.42 Å². The molecule has 10 nitrogen and oxygen atoms in total. The minimum Gasteiger partial charge on any atom is -0.493 e. The topological polar surface area (TPSA) is 134 Å². The van der Waals surface area contributed by atoms with Gasteiger partial charge >= 0.3 is 0 Å². The van der Waals surface area contributed by atoms with Crippen LogP contribution in [-0.2, 0) is 6.42 Å². The predicted molar refractivity (Wildman–Crippen MR) is 124 cm³/mol. The number of fused-ring (bicyclic) bond motifs is 2. The number of halogens is 1. The standard InChI is InChI=1S/C22H18ClN7O3/c1-32-15-7-11-13(8-16(15)33-2)27-18(30(22(11)31)14-6-4-3-5-12(14)23)9-17-28-20(24)19-21(29-17)26-10-25-19/h3-8,10H,9H2,1-2H3,(H3,24,25,26,28,29). The summed E-state index contributed by atoms with van der Waals surface area (Å²) in [6.45, 7) is 0. The Labute approximate surface area is 192 Å². The molecular formula is C22H18ClN7O3. The third-order valence-electron chi connectivity index (χ3n) is 5.21. The fourth-order valence-corrected chi connectivity index (χ4v) is 3.90. The molecule has 11 heteroatoms. The minimum absolute atomic E-state index is 0.109. The average molecular weight is 464 g/mol. The molecule has 0 unspecified atom stereocenters. The van der Waals surface area contributed by atoms with Crippen molar-refractivity contribution >= 4 is 39.5 Å². The molecule has 5 rings (SSSR count). The first-order chi connectivity index (χ1) is 16.0. The van der Waals surface area contributed by atoms with E-state index in [4.69, 9.17) is 31.8 Å². The molecule has 0 saturated heterocycles. The van der Waals surface area contributed by atoms with Gasteiger partial charge in [0.15, 0.2) is 23.0 Å². The van der Waals surface area contributed by atoms with Gasteiger partial charge in [-0.05, 0) is 18.2 Å². The molecule has 0 atom stereocenters. The molecule has 0 aliphatic heterocycles. The van der Waals surface area contributed by atoms with Crippen molar-refractivity contribution in [1.82, 2.24) is 29.5 Å². The summed E-state index contributed by atoms with van der Waals surface area (Å²) in [6.07, 6.45) is 1.60. The summed E-state index contributed by atoms with van der Waals surface area (Å²) in [5.41, 5.74) is 7.63. The maximum atomic E-state index is 13.7. The lowest BCUT2D eigenvalue weighted by molar-refractivity contribution is 0.355. The van der Waals surface area contributed by atoms with Crippen LogP contribution in [0.25, 0.3) is 27.8 Å². The number of benzene rings is 2. The van der Waals surface area contributed by atoms with Gasteiger partial charge in [-0.25, -0.2) is 19.9 Å². The van der Waals surface area contributed by atoms with Crippen LogP contribution >= 0.6 is 11.6 Å². The maximum Gasteiger partial charge on any atom is 0.266 e. The molecular weight excluding hydrogens is 446 g/mol. The summed E-state index contributed by atoms with van der Waals surface area (Å²) in [5, 5.41) is 0.741. The summed E-state index contributed by atoms with van der Waals surface area (Å²) in [6, 6.07) is 10.3. The number of nitrogens with one attached hydrogen (secondary N) is 1. The summed E-state index contributed by atoms with van der Waals surface area (Å²) in [5.74, 6) is 1.87. The van der Waals surface area contributed by atoms with Crippen LogP contribution < -0.4 is 20.8 Å². The van der Waals surface area contributed by atoms with Crippen LogP contribution in [0.4, 0.5) is 5.82 Å². The second kappa shape index (κ2) is 8.06. The number of hydrogen-bond acceptors (Lipinski definition) is 8. The molecule has 0 amide bonds. The van der Waals surface area contributed by atoms with Gasteiger partial charge < -0.3 is 20.2 Å². The molecule has 0 fully saturated rings. The molecule has 2 aromatic carbocycles. The van der Waals surface area contributed by atoms with Crippen LogP contribution in [0.1, 0.15) is 11.6 Å². The number of nitrogen functional groups attached to an aromatic ring is 1. The van der Waals surface area contributed by atoms with Gasteiger partial charge in [-0.1, -0.05) is 23.7 Å². The highest BCUT2D eigenvalue weighted by molar-refractivity contribution is 6.32. The van der Waals surface area contributed by atoms with Crippen molar-refractivity contribution in [3.63, 3.8) is 0 Å². The molecule has 3 N–H and O–H groups in total. The van der Waals surface area contributed by atoms with E-state index in [0.717, 1.165) is 0 Å². The van der Waals surface area contributed by atoms with Crippen LogP contribution in [0.5, 0.6) is 11.5 Å². The van der Waals surface area contributed by atoms with Gasteiger partial charge in [0.2, 0.25) is 0 Å². The van der Waals surface area contributed by atoms with Gasteiger partial charge in [-0.2, -0.15) is 0 Å². The molecule has 0 aliphatic rings. The molecule has 3 aromatic heterocycles. The highest BCUT2D eigenvalue weighted by Crippen LogP contribution is 2.31. The fraction of sp³-hybridized carbons (Fsp3) is 0.136. The molecule has 0 radical (unpaired) electrons. The number of methoxy groups -OCH3 is 2. The number of nitrogens with two attached hydrogens (primary N) is 1. The van der Waals surface area contributed by atoms with Crippen molar-refractivity contribution < 1.29 is 9.47 Å². The number of aromatic nitrogens is 6. The first kappa shape index (κ1) is 20.7. The Morgan fingerprint density at radius 3 is 2.61 bits per heavy atom. The highest BCUT2D eigenvalue weighted by atomic mass is 35.5. The summed E-state index contributed by atoms with van der Waals surface area (Å²) in [4.78, 5) is 34.3. The van der Waals surface area contributed by atoms with E-state index in [9.17, 15) is 4.79 Å². The van der Waals surface area contributed by atoms with E-state index in [1.54, 1.807) is 36.4 Å². The lowest BCUT2D eigenvalue weighted by Crippen LogP contribution is -2.25. The molecule has 0 spiro atoms. The third-order valence-corrected chi connectivity index (χ3v) is 5.53. The number of ether oxygens (including phenoxy) is 2. The Hall–Kier alpha value is -4.18. The van der Waals surface area contributed by atoms with Crippen LogP contribution in [0.3, 0.4) is 0 Å². The van der Waals surface area contributed by atoms with Crippen LogP contribution in [-0.4, -0.2) is 43.7 Å². The van der Waals surface area contributed by atoms with E-state index >= 15 is 0 Å². The quantitative estimate of drug-likeness (QED) is 0.406. The molecule has 0 saturated carbocycles. The van der Waals surface area contributed by atoms with Crippen molar-refractivity contribution in [2.75, 3.05) is 20.0 Å². The lowest BCUT2D eigenvalue weighted by atomic mass is 10.2. The third kappa shape index (κ3) is 3.50. The molecule has 0 aliphatic carbocycles. The smallest absolute Gasteiger partial charge is 0.266 e. The van der Waals surface area contributed by atoms with Crippen molar-refractivity contribution in [3.05, 3.63) is 69.8 Å². The largest absolute Gasteiger partial charge is 0.493 e. The Morgan fingerprint density at radius 1 is 1.09 bits per heavy atom. The normalized spacial score (nSPS) is 11.2. The zero-order valence-electron chi connectivity index (χ0n) is 17.7. The number of imidazole rings is 1. The summed E-state index contributed by atoms with van der Waals surface area (Å²) >= 11 is 6.45. The first-order valence-electron chi connectivity index (χ1n) is 9.88. The van der Waals surface area contributed by atoms with Gasteiger partial charge in [-0.3, -0.25) is 9.36 Å². The number of nitrogens with zero attached hydrogens (tertiary/aromatic N) is 5. The molecule has 3 heterocycles. The Bertz CT molecular complexity index is 1580. The highest BCUT2D eigenvalue weighted by Gasteiger charge is 2.19. The molecule has 166 valence electrons. The van der Waals surface area contributed by atoms with Gasteiger partial charge in [0, 0.05) is 6.07 Å². The number of aromatic amines is 1. The SMILES string of the molecule is COc1cc2nc(Cc3nc(N)c4[nH]cnc4n3)n(-c3ccccc3Cl)c(=O)c2cc1OC. The molecule has 5 aromatic rings. The van der Waals surface area contributed by atoms with Crippen molar-refractivity contribution in [2.24, 2.45) is 0 Å². The van der Waals surface area contributed by atoms with E-state index in [-0.39, 0.29) is 17.8 Å². The number of anilines is 1. The van der Waals surface area contributed by atoms with Gasteiger partial charge in [0.1, 0.15) is 17.2 Å². The van der Waals surface area contributed by atoms with E-state index in [1.807, 2.05) is 0 Å². The number of rotatable bonds is 5.